The molecule has 7 heteroatoms. The minimum absolute atomic E-state index is 0.105. The maximum atomic E-state index is 12.1. The lowest BCUT2D eigenvalue weighted by Crippen LogP contribution is -2.13. The third-order valence-electron chi connectivity index (χ3n) is 3.33. The standard InChI is InChI=1S/C18H17N3O2S2/c1-24-15-9-5-8-14(11-15)19-16(22)12-25-18-21-20-17(23-18)10-13-6-3-2-4-7-13/h2-9,11H,10,12H2,1H3,(H,19,22). The molecule has 3 aromatic rings. The molecule has 0 aliphatic rings. The number of amides is 1. The number of hydrogen-bond donors (Lipinski definition) is 1. The molecule has 5 nitrogen and oxygen atoms in total. The Hall–Kier alpha value is -2.25. The number of nitrogens with zero attached hydrogens (tertiary/aromatic N) is 2. The van der Waals surface area contributed by atoms with Crippen molar-refractivity contribution in [2.75, 3.05) is 17.3 Å². The van der Waals surface area contributed by atoms with Gasteiger partial charge in [-0.3, -0.25) is 4.79 Å². The average molecular weight is 371 g/mol. The van der Waals surface area contributed by atoms with Crippen LogP contribution in [0.15, 0.2) is 69.1 Å². The number of carbonyl (C=O) groups is 1. The fourth-order valence-corrected chi connectivity index (χ4v) is 3.20. The smallest absolute Gasteiger partial charge is 0.277 e. The van der Waals surface area contributed by atoms with Crippen molar-refractivity contribution in [3.8, 4) is 0 Å². The molecule has 3 rings (SSSR count). The van der Waals surface area contributed by atoms with E-state index in [1.54, 1.807) is 11.8 Å². The maximum Gasteiger partial charge on any atom is 0.277 e. The molecule has 0 spiro atoms. The highest BCUT2D eigenvalue weighted by molar-refractivity contribution is 7.99. The van der Waals surface area contributed by atoms with Crippen molar-refractivity contribution < 1.29 is 9.21 Å². The van der Waals surface area contributed by atoms with Gasteiger partial charge in [0.1, 0.15) is 0 Å². The first kappa shape index (κ1) is 17.6. The van der Waals surface area contributed by atoms with Crippen LogP contribution < -0.4 is 5.32 Å². The zero-order valence-electron chi connectivity index (χ0n) is 13.6. The van der Waals surface area contributed by atoms with E-state index in [4.69, 9.17) is 4.42 Å². The van der Waals surface area contributed by atoms with Gasteiger partial charge in [-0.1, -0.05) is 48.2 Å². The Morgan fingerprint density at radius 3 is 2.76 bits per heavy atom. The molecule has 1 amide bonds. The van der Waals surface area contributed by atoms with Crippen LogP contribution in [0.25, 0.3) is 0 Å². The Kier molecular flexibility index (Phi) is 6.14. The first-order valence-corrected chi connectivity index (χ1v) is 9.87. The van der Waals surface area contributed by atoms with Gasteiger partial charge in [0.25, 0.3) is 5.22 Å². The van der Waals surface area contributed by atoms with Gasteiger partial charge >= 0.3 is 0 Å². The molecule has 0 saturated carbocycles. The molecule has 25 heavy (non-hydrogen) atoms. The lowest BCUT2D eigenvalue weighted by atomic mass is 10.2. The van der Waals surface area contributed by atoms with Crippen LogP contribution in [0.3, 0.4) is 0 Å². The number of thioether (sulfide) groups is 2. The molecule has 0 bridgehead atoms. The van der Waals surface area contributed by atoms with Crippen molar-refractivity contribution in [3.63, 3.8) is 0 Å². The molecule has 1 aromatic heterocycles. The fraction of sp³-hybridized carbons (Fsp3) is 0.167. The molecule has 0 radical (unpaired) electrons. The number of anilines is 1. The van der Waals surface area contributed by atoms with Gasteiger partial charge in [0.15, 0.2) is 0 Å². The summed E-state index contributed by atoms with van der Waals surface area (Å²) < 4.78 is 5.58. The van der Waals surface area contributed by atoms with Crippen LogP contribution in [0.2, 0.25) is 0 Å². The highest BCUT2D eigenvalue weighted by Gasteiger charge is 2.10. The number of nitrogens with one attached hydrogen (secondary N) is 1. The Bertz CT molecular complexity index is 837. The van der Waals surface area contributed by atoms with Crippen molar-refractivity contribution >= 4 is 35.1 Å². The van der Waals surface area contributed by atoms with Gasteiger partial charge in [0.05, 0.1) is 12.2 Å². The van der Waals surface area contributed by atoms with E-state index < -0.39 is 0 Å². The molecule has 0 aliphatic heterocycles. The summed E-state index contributed by atoms with van der Waals surface area (Å²) in [5, 5.41) is 11.3. The lowest BCUT2D eigenvalue weighted by molar-refractivity contribution is -0.113. The zero-order chi connectivity index (χ0) is 17.5. The van der Waals surface area contributed by atoms with Gasteiger partial charge in [0.2, 0.25) is 11.8 Å². The van der Waals surface area contributed by atoms with Crippen LogP contribution in [-0.4, -0.2) is 28.1 Å². The van der Waals surface area contributed by atoms with Crippen molar-refractivity contribution in [3.05, 3.63) is 66.1 Å². The number of carbonyl (C=O) groups excluding carboxylic acids is 1. The lowest BCUT2D eigenvalue weighted by Gasteiger charge is -2.05. The number of hydrogen-bond acceptors (Lipinski definition) is 6. The van der Waals surface area contributed by atoms with Crippen molar-refractivity contribution in [1.82, 2.24) is 10.2 Å². The van der Waals surface area contributed by atoms with Crippen molar-refractivity contribution in [2.24, 2.45) is 0 Å². The predicted molar refractivity (Wildman–Crippen MR) is 101 cm³/mol. The summed E-state index contributed by atoms with van der Waals surface area (Å²) in [5.41, 5.74) is 1.89. The maximum absolute atomic E-state index is 12.1. The molecule has 0 aliphatic carbocycles. The van der Waals surface area contributed by atoms with Gasteiger partial charge < -0.3 is 9.73 Å². The van der Waals surface area contributed by atoms with Crippen LogP contribution >= 0.6 is 23.5 Å². The van der Waals surface area contributed by atoms with Gasteiger partial charge in [-0.25, -0.2) is 0 Å². The van der Waals surface area contributed by atoms with Crippen LogP contribution in [-0.2, 0) is 11.2 Å². The summed E-state index contributed by atoms with van der Waals surface area (Å²) in [6.45, 7) is 0. The number of rotatable bonds is 7. The third kappa shape index (κ3) is 5.37. The second-order valence-corrected chi connectivity index (χ2v) is 7.00. The van der Waals surface area contributed by atoms with E-state index in [1.165, 1.54) is 11.8 Å². The third-order valence-corrected chi connectivity index (χ3v) is 4.87. The summed E-state index contributed by atoms with van der Waals surface area (Å²) in [6.07, 6.45) is 2.58. The predicted octanol–water partition coefficient (Wildman–Crippen LogP) is 4.11. The first-order valence-electron chi connectivity index (χ1n) is 7.66. The monoisotopic (exact) mass is 371 g/mol. The van der Waals surface area contributed by atoms with E-state index in [2.05, 4.69) is 15.5 Å². The Morgan fingerprint density at radius 1 is 1.12 bits per heavy atom. The quantitative estimate of drug-likeness (QED) is 0.630. The van der Waals surface area contributed by atoms with E-state index in [-0.39, 0.29) is 11.7 Å². The zero-order valence-corrected chi connectivity index (χ0v) is 15.3. The molecule has 1 heterocycles. The van der Waals surface area contributed by atoms with Crippen LogP contribution in [0.5, 0.6) is 0 Å². The summed E-state index contributed by atoms with van der Waals surface area (Å²) in [4.78, 5) is 13.2. The van der Waals surface area contributed by atoms with E-state index in [9.17, 15) is 4.79 Å². The second kappa shape index (κ2) is 8.73. The summed E-state index contributed by atoms with van der Waals surface area (Å²) in [6, 6.07) is 17.6. The second-order valence-electron chi connectivity index (χ2n) is 5.19. The molecule has 2 aromatic carbocycles. The molecule has 0 saturated heterocycles. The fourth-order valence-electron chi connectivity index (χ4n) is 2.16. The highest BCUT2D eigenvalue weighted by atomic mass is 32.2. The SMILES string of the molecule is CSc1cccc(NC(=O)CSc2nnc(Cc3ccccc3)o2)c1. The molecular formula is C18H17N3O2S2. The first-order chi connectivity index (χ1) is 12.2. The average Bonchev–Trinajstić information content (AvgIpc) is 3.08. The molecular weight excluding hydrogens is 354 g/mol. The summed E-state index contributed by atoms with van der Waals surface area (Å²) in [7, 11) is 0. The van der Waals surface area contributed by atoms with Gasteiger partial charge in [-0.05, 0) is 30.0 Å². The van der Waals surface area contributed by atoms with Gasteiger partial charge in [0, 0.05) is 10.6 Å². The molecule has 1 N–H and O–H groups in total. The topological polar surface area (TPSA) is 68.0 Å². The van der Waals surface area contributed by atoms with Gasteiger partial charge in [-0.15, -0.1) is 22.0 Å². The van der Waals surface area contributed by atoms with Gasteiger partial charge in [-0.2, -0.15) is 0 Å². The van der Waals surface area contributed by atoms with Crippen LogP contribution in [0.4, 0.5) is 5.69 Å². The summed E-state index contributed by atoms with van der Waals surface area (Å²) in [5.74, 6) is 0.657. The van der Waals surface area contributed by atoms with E-state index in [0.29, 0.717) is 17.5 Å². The Balaban J connectivity index is 1.50. The minimum Gasteiger partial charge on any atom is -0.416 e. The number of aromatic nitrogens is 2. The molecule has 0 atom stereocenters. The molecule has 0 fully saturated rings. The minimum atomic E-state index is -0.105. The number of benzene rings is 2. The van der Waals surface area contributed by atoms with Crippen molar-refractivity contribution in [1.29, 1.82) is 0 Å². The molecule has 128 valence electrons. The Morgan fingerprint density at radius 2 is 1.96 bits per heavy atom. The largest absolute Gasteiger partial charge is 0.416 e. The normalized spacial score (nSPS) is 10.6. The van der Waals surface area contributed by atoms with Crippen LogP contribution in [0.1, 0.15) is 11.5 Å². The van der Waals surface area contributed by atoms with E-state index >= 15 is 0 Å². The Labute approximate surface area is 154 Å². The highest BCUT2D eigenvalue weighted by Crippen LogP contribution is 2.21. The molecule has 0 unspecified atom stereocenters. The van der Waals surface area contributed by atoms with E-state index in [0.717, 1.165) is 16.1 Å². The van der Waals surface area contributed by atoms with Crippen molar-refractivity contribution in [2.45, 2.75) is 16.5 Å². The summed E-state index contributed by atoms with van der Waals surface area (Å²) >= 11 is 2.87. The van der Waals surface area contributed by atoms with E-state index in [1.807, 2.05) is 60.9 Å². The van der Waals surface area contributed by atoms with Crippen LogP contribution in [0, 0.1) is 0 Å².